The highest BCUT2D eigenvalue weighted by atomic mass is 32.1. The van der Waals surface area contributed by atoms with E-state index in [1.54, 1.807) is 0 Å². The molecule has 1 saturated heterocycles. The fraction of sp³-hybridized carbons (Fsp3) is 1.00. The molecule has 0 aromatic rings. The molecule has 0 bridgehead atoms. The summed E-state index contributed by atoms with van der Waals surface area (Å²) in [7, 11) is 2.18. The van der Waals surface area contributed by atoms with E-state index in [0.717, 1.165) is 0 Å². The zero-order valence-corrected chi connectivity index (χ0v) is 9.40. The molecule has 12 heavy (non-hydrogen) atoms. The fourth-order valence-corrected chi connectivity index (χ4v) is 1.63. The van der Waals surface area contributed by atoms with Gasteiger partial charge in [-0.1, -0.05) is 26.7 Å². The average molecular weight is 190 g/mol. The van der Waals surface area contributed by atoms with Gasteiger partial charge in [-0.25, -0.2) is 0 Å². The molecule has 1 aliphatic heterocycles. The minimum atomic E-state index is 0.633. The Morgan fingerprint density at radius 2 is 1.92 bits per heavy atom. The summed E-state index contributed by atoms with van der Waals surface area (Å²) < 4.78 is 3.03. The smallest absolute Gasteiger partial charge is 0.0182 e. The molecule has 0 aliphatic carbocycles. The SMILES string of the molecule is CC.CN1CCCC(NS)CC1. The second-order valence-electron chi connectivity index (χ2n) is 3.06. The molecule has 1 atom stereocenters. The van der Waals surface area contributed by atoms with Crippen molar-refractivity contribution in [3.8, 4) is 0 Å². The third-order valence-corrected chi connectivity index (χ3v) is 2.50. The molecule has 0 saturated carbocycles. The van der Waals surface area contributed by atoms with Crippen molar-refractivity contribution in [3.05, 3.63) is 0 Å². The number of nitrogens with one attached hydrogen (secondary N) is 1. The van der Waals surface area contributed by atoms with Crippen molar-refractivity contribution in [1.82, 2.24) is 9.62 Å². The molecule has 0 aromatic carbocycles. The van der Waals surface area contributed by atoms with E-state index in [9.17, 15) is 0 Å². The van der Waals surface area contributed by atoms with Crippen LogP contribution < -0.4 is 4.72 Å². The number of hydrogen-bond donors (Lipinski definition) is 2. The van der Waals surface area contributed by atoms with Crippen LogP contribution in [-0.2, 0) is 0 Å². The molecule has 1 unspecified atom stereocenters. The summed E-state index contributed by atoms with van der Waals surface area (Å²) in [6, 6.07) is 0.633. The van der Waals surface area contributed by atoms with Crippen molar-refractivity contribution in [1.29, 1.82) is 0 Å². The van der Waals surface area contributed by atoms with Gasteiger partial charge in [0, 0.05) is 6.04 Å². The number of nitrogens with zero attached hydrogens (tertiary/aromatic N) is 1. The van der Waals surface area contributed by atoms with Crippen molar-refractivity contribution in [2.24, 2.45) is 0 Å². The topological polar surface area (TPSA) is 15.3 Å². The Bertz CT molecular complexity index is 98.5. The van der Waals surface area contributed by atoms with Crippen LogP contribution in [0, 0.1) is 0 Å². The lowest BCUT2D eigenvalue weighted by molar-refractivity contribution is 0.347. The number of likely N-dealkylation sites (tertiary alicyclic amines) is 1. The van der Waals surface area contributed by atoms with Gasteiger partial charge in [-0.3, -0.25) is 4.72 Å². The molecule has 1 aliphatic rings. The van der Waals surface area contributed by atoms with Gasteiger partial charge < -0.3 is 4.90 Å². The van der Waals surface area contributed by atoms with Crippen molar-refractivity contribution in [3.63, 3.8) is 0 Å². The summed E-state index contributed by atoms with van der Waals surface area (Å²) in [5.41, 5.74) is 0. The van der Waals surface area contributed by atoms with E-state index in [-0.39, 0.29) is 0 Å². The molecular weight excluding hydrogens is 168 g/mol. The molecule has 1 fully saturated rings. The first-order valence-electron chi connectivity index (χ1n) is 4.91. The number of rotatable bonds is 1. The van der Waals surface area contributed by atoms with Gasteiger partial charge in [0.15, 0.2) is 0 Å². The number of thiol groups is 1. The molecule has 1 rings (SSSR count). The predicted octanol–water partition coefficient (Wildman–Crippen LogP) is 1.93. The van der Waals surface area contributed by atoms with E-state index < -0.39 is 0 Å². The second kappa shape index (κ2) is 7.90. The fourth-order valence-electron chi connectivity index (χ4n) is 1.37. The maximum atomic E-state index is 4.07. The van der Waals surface area contributed by atoms with Gasteiger partial charge in [-0.15, -0.1) is 0 Å². The lowest BCUT2D eigenvalue weighted by Gasteiger charge is -2.12. The molecule has 0 spiro atoms. The molecule has 0 radical (unpaired) electrons. The highest BCUT2D eigenvalue weighted by Crippen LogP contribution is 2.09. The van der Waals surface area contributed by atoms with Crippen LogP contribution in [0.3, 0.4) is 0 Å². The van der Waals surface area contributed by atoms with Crippen LogP contribution in [0.5, 0.6) is 0 Å². The molecule has 1 N–H and O–H groups in total. The maximum Gasteiger partial charge on any atom is 0.0182 e. The molecular formula is C9H22N2S. The Labute approximate surface area is 82.3 Å². The first-order chi connectivity index (χ1) is 5.83. The van der Waals surface area contributed by atoms with Crippen LogP contribution in [0.4, 0.5) is 0 Å². The summed E-state index contributed by atoms with van der Waals surface area (Å²) in [6.45, 7) is 6.45. The van der Waals surface area contributed by atoms with Crippen LogP contribution in [0.2, 0.25) is 0 Å². The van der Waals surface area contributed by atoms with Crippen molar-refractivity contribution < 1.29 is 0 Å². The maximum absolute atomic E-state index is 4.07. The summed E-state index contributed by atoms with van der Waals surface area (Å²) in [6.07, 6.45) is 3.81. The highest BCUT2D eigenvalue weighted by molar-refractivity contribution is 7.78. The summed E-state index contributed by atoms with van der Waals surface area (Å²) >= 11 is 4.07. The van der Waals surface area contributed by atoms with Crippen molar-refractivity contribution in [2.45, 2.75) is 39.2 Å². The first kappa shape index (κ1) is 12.3. The summed E-state index contributed by atoms with van der Waals surface area (Å²) in [5, 5.41) is 0. The van der Waals surface area contributed by atoms with E-state index in [4.69, 9.17) is 0 Å². The van der Waals surface area contributed by atoms with Gasteiger partial charge >= 0.3 is 0 Å². The zero-order valence-electron chi connectivity index (χ0n) is 8.51. The molecule has 0 aromatic heterocycles. The third kappa shape index (κ3) is 5.01. The minimum Gasteiger partial charge on any atom is -0.306 e. The van der Waals surface area contributed by atoms with E-state index in [1.165, 1.54) is 32.4 Å². The normalized spacial score (nSPS) is 25.5. The molecule has 1 heterocycles. The Morgan fingerprint density at radius 3 is 2.50 bits per heavy atom. The van der Waals surface area contributed by atoms with Gasteiger partial charge in [0.25, 0.3) is 0 Å². The minimum absolute atomic E-state index is 0.633. The van der Waals surface area contributed by atoms with Crippen LogP contribution in [0.15, 0.2) is 0 Å². The van der Waals surface area contributed by atoms with E-state index >= 15 is 0 Å². The largest absolute Gasteiger partial charge is 0.306 e. The van der Waals surface area contributed by atoms with Crippen molar-refractivity contribution in [2.75, 3.05) is 20.1 Å². The van der Waals surface area contributed by atoms with Crippen LogP contribution >= 0.6 is 12.8 Å². The Kier molecular flexibility index (Phi) is 8.07. The second-order valence-corrected chi connectivity index (χ2v) is 3.32. The monoisotopic (exact) mass is 190 g/mol. The zero-order chi connectivity index (χ0) is 9.40. The molecule has 2 nitrogen and oxygen atoms in total. The van der Waals surface area contributed by atoms with E-state index in [2.05, 4.69) is 29.5 Å². The van der Waals surface area contributed by atoms with Gasteiger partial charge in [-0.2, -0.15) is 0 Å². The molecule has 74 valence electrons. The van der Waals surface area contributed by atoms with Gasteiger partial charge in [0.1, 0.15) is 0 Å². The quantitative estimate of drug-likeness (QED) is 0.614. The highest BCUT2D eigenvalue weighted by Gasteiger charge is 2.12. The van der Waals surface area contributed by atoms with E-state index in [0.29, 0.717) is 6.04 Å². The van der Waals surface area contributed by atoms with Gasteiger partial charge in [0.05, 0.1) is 0 Å². The first-order valence-corrected chi connectivity index (χ1v) is 5.36. The van der Waals surface area contributed by atoms with Crippen molar-refractivity contribution >= 4 is 12.8 Å². The summed E-state index contributed by atoms with van der Waals surface area (Å²) in [5.74, 6) is 0. The van der Waals surface area contributed by atoms with E-state index in [1.807, 2.05) is 13.8 Å². The molecule has 0 amide bonds. The third-order valence-electron chi connectivity index (χ3n) is 2.13. The molecule has 3 heteroatoms. The Morgan fingerprint density at radius 1 is 1.25 bits per heavy atom. The van der Waals surface area contributed by atoms with Crippen LogP contribution in [0.1, 0.15) is 33.1 Å². The lowest BCUT2D eigenvalue weighted by Crippen LogP contribution is -2.23. The number of hydrogen-bond acceptors (Lipinski definition) is 3. The summed E-state index contributed by atoms with van der Waals surface area (Å²) in [4.78, 5) is 2.38. The van der Waals surface area contributed by atoms with Crippen LogP contribution in [-0.4, -0.2) is 31.1 Å². The average Bonchev–Trinajstić information content (AvgIpc) is 2.33. The Hall–Kier alpha value is 0.270. The Balaban J connectivity index is 0.000000561. The van der Waals surface area contributed by atoms with Gasteiger partial charge in [0.2, 0.25) is 0 Å². The standard InChI is InChI=1S/C7H16N2S.C2H6/c1-9-5-2-3-7(8-10)4-6-9;1-2/h7-8,10H,2-6H2,1H3;1-2H3. The lowest BCUT2D eigenvalue weighted by atomic mass is 10.1. The van der Waals surface area contributed by atoms with Gasteiger partial charge in [-0.05, 0) is 39.4 Å². The predicted molar refractivity (Wildman–Crippen MR) is 58.6 cm³/mol. The van der Waals surface area contributed by atoms with Crippen LogP contribution in [0.25, 0.3) is 0 Å².